The summed E-state index contributed by atoms with van der Waals surface area (Å²) in [6.07, 6.45) is 3.67. The van der Waals surface area contributed by atoms with Crippen LogP contribution in [0.2, 0.25) is 0 Å². The lowest BCUT2D eigenvalue weighted by molar-refractivity contribution is -0.141. The number of likely N-dealkylation sites (N-methyl/N-ethyl adjacent to an activating group) is 2. The van der Waals surface area contributed by atoms with Crippen LogP contribution < -0.4 is 10.6 Å². The summed E-state index contributed by atoms with van der Waals surface area (Å²) in [5.74, 6) is -1.59. The highest BCUT2D eigenvalue weighted by Gasteiger charge is 2.42. The number of aliphatic carboxylic acids is 1. The van der Waals surface area contributed by atoms with Crippen molar-refractivity contribution in [2.24, 2.45) is 18.4 Å². The summed E-state index contributed by atoms with van der Waals surface area (Å²) < 4.78 is 2.06. The van der Waals surface area contributed by atoms with E-state index in [9.17, 15) is 19.5 Å². The molecule has 1 aromatic carbocycles. The van der Waals surface area contributed by atoms with Gasteiger partial charge in [0.25, 0.3) is 0 Å². The second kappa shape index (κ2) is 11.7. The molecule has 0 aliphatic rings. The molecule has 0 fully saturated rings. The standard InChI is InChI=1S/C30H46N4O4/c1-18(2)23(16-19(3)28(37)38)34(11)27(36)25(29(4,5)6)32-26(35)24(31-9)30(7,8)21-17-33(10)22-15-13-12-14-20(21)22/h12-18,23-25,31H,1-11H3,(H,32,35)(H,37,38)/b19-16+/t23-,24?,25?/m1/s1. The van der Waals surface area contributed by atoms with Crippen LogP contribution in [0.15, 0.2) is 42.1 Å². The molecule has 0 radical (unpaired) electrons. The number of carboxylic acid groups (broad SMARTS) is 1. The number of para-hydroxylation sites is 1. The number of hydrogen-bond acceptors (Lipinski definition) is 4. The fraction of sp³-hybridized carbons (Fsp3) is 0.567. The van der Waals surface area contributed by atoms with Gasteiger partial charge in [0.15, 0.2) is 0 Å². The van der Waals surface area contributed by atoms with Gasteiger partial charge in [0, 0.05) is 42.2 Å². The predicted octanol–water partition coefficient (Wildman–Crippen LogP) is 4.09. The second-order valence-corrected chi connectivity index (χ2v) is 12.3. The second-order valence-electron chi connectivity index (χ2n) is 12.3. The van der Waals surface area contributed by atoms with E-state index in [1.807, 2.05) is 67.6 Å². The number of amides is 2. The van der Waals surface area contributed by atoms with Crippen molar-refractivity contribution in [2.45, 2.75) is 78.9 Å². The first-order valence-electron chi connectivity index (χ1n) is 13.2. The van der Waals surface area contributed by atoms with Gasteiger partial charge in [0.1, 0.15) is 6.04 Å². The van der Waals surface area contributed by atoms with E-state index in [-0.39, 0.29) is 23.3 Å². The monoisotopic (exact) mass is 526 g/mol. The zero-order valence-electron chi connectivity index (χ0n) is 24.8. The minimum absolute atomic E-state index is 0.0232. The van der Waals surface area contributed by atoms with E-state index in [0.717, 1.165) is 16.5 Å². The maximum Gasteiger partial charge on any atom is 0.331 e. The van der Waals surface area contributed by atoms with Gasteiger partial charge in [-0.1, -0.05) is 72.7 Å². The summed E-state index contributed by atoms with van der Waals surface area (Å²) in [6, 6.07) is 6.23. The van der Waals surface area contributed by atoms with Crippen molar-refractivity contribution in [1.29, 1.82) is 0 Å². The number of aryl methyl sites for hydroxylation is 1. The first-order valence-corrected chi connectivity index (χ1v) is 13.2. The highest BCUT2D eigenvalue weighted by atomic mass is 16.4. The third-order valence-corrected chi connectivity index (χ3v) is 7.50. The van der Waals surface area contributed by atoms with Gasteiger partial charge in [0.2, 0.25) is 11.8 Å². The van der Waals surface area contributed by atoms with Gasteiger partial charge in [-0.05, 0) is 36.9 Å². The molecule has 2 amide bonds. The van der Waals surface area contributed by atoms with E-state index in [2.05, 4.69) is 33.5 Å². The van der Waals surface area contributed by atoms with Gasteiger partial charge in [-0.3, -0.25) is 9.59 Å². The van der Waals surface area contributed by atoms with Crippen molar-refractivity contribution in [3.63, 3.8) is 0 Å². The van der Waals surface area contributed by atoms with Gasteiger partial charge >= 0.3 is 5.97 Å². The van der Waals surface area contributed by atoms with Gasteiger partial charge in [-0.2, -0.15) is 0 Å². The van der Waals surface area contributed by atoms with Crippen LogP contribution in [0.3, 0.4) is 0 Å². The average molecular weight is 527 g/mol. The average Bonchev–Trinajstić information content (AvgIpc) is 3.16. The zero-order chi connectivity index (χ0) is 29.2. The van der Waals surface area contributed by atoms with Crippen molar-refractivity contribution in [3.05, 3.63) is 47.7 Å². The normalized spacial score (nSPS) is 15.3. The zero-order valence-corrected chi connectivity index (χ0v) is 24.8. The highest BCUT2D eigenvalue weighted by Crippen LogP contribution is 2.35. The molecular weight excluding hydrogens is 480 g/mol. The Morgan fingerprint density at radius 3 is 2.13 bits per heavy atom. The molecule has 0 bridgehead atoms. The molecule has 2 unspecified atom stereocenters. The minimum Gasteiger partial charge on any atom is -0.478 e. The van der Waals surface area contributed by atoms with Crippen molar-refractivity contribution < 1.29 is 19.5 Å². The van der Waals surface area contributed by atoms with Crippen molar-refractivity contribution >= 4 is 28.7 Å². The number of nitrogens with zero attached hydrogens (tertiary/aromatic N) is 2. The Morgan fingerprint density at radius 1 is 1.05 bits per heavy atom. The third-order valence-electron chi connectivity index (χ3n) is 7.50. The summed E-state index contributed by atoms with van der Waals surface area (Å²) in [4.78, 5) is 40.7. The van der Waals surface area contributed by atoms with Gasteiger partial charge < -0.3 is 25.2 Å². The summed E-state index contributed by atoms with van der Waals surface area (Å²) in [5.41, 5.74) is 1.11. The number of hydrogen-bond donors (Lipinski definition) is 3. The quantitative estimate of drug-likeness (QED) is 0.405. The number of carbonyl (C=O) groups excluding carboxylic acids is 2. The van der Waals surface area contributed by atoms with Crippen LogP contribution in [0, 0.1) is 11.3 Å². The largest absolute Gasteiger partial charge is 0.478 e. The molecule has 210 valence electrons. The maximum absolute atomic E-state index is 13.9. The van der Waals surface area contributed by atoms with E-state index in [1.54, 1.807) is 25.1 Å². The number of carbonyl (C=O) groups is 3. The fourth-order valence-electron chi connectivity index (χ4n) is 5.13. The molecule has 38 heavy (non-hydrogen) atoms. The van der Waals surface area contributed by atoms with Gasteiger partial charge in [0.05, 0.1) is 12.1 Å². The summed E-state index contributed by atoms with van der Waals surface area (Å²) in [5, 5.41) is 16.7. The van der Waals surface area contributed by atoms with Gasteiger partial charge in [-0.15, -0.1) is 0 Å². The van der Waals surface area contributed by atoms with Crippen LogP contribution in [0.25, 0.3) is 10.9 Å². The molecule has 3 N–H and O–H groups in total. The van der Waals surface area contributed by atoms with Crippen LogP contribution in [-0.4, -0.2) is 64.6 Å². The molecule has 1 heterocycles. The lowest BCUT2D eigenvalue weighted by atomic mass is 9.76. The van der Waals surface area contributed by atoms with Crippen molar-refractivity contribution in [2.75, 3.05) is 14.1 Å². The van der Waals surface area contributed by atoms with E-state index >= 15 is 0 Å². The van der Waals surface area contributed by atoms with Crippen LogP contribution >= 0.6 is 0 Å². The number of carboxylic acids is 1. The summed E-state index contributed by atoms with van der Waals surface area (Å²) in [7, 11) is 5.41. The van der Waals surface area contributed by atoms with Crippen molar-refractivity contribution in [3.8, 4) is 0 Å². The molecule has 8 nitrogen and oxygen atoms in total. The molecule has 0 aliphatic carbocycles. The number of fused-ring (bicyclic) bond motifs is 1. The number of aromatic nitrogens is 1. The SMILES string of the molecule is CNC(C(=O)NC(C(=O)N(C)[C@H](/C=C(\C)C(=O)O)C(C)C)C(C)(C)C)C(C)(C)c1cn(C)c2ccccc12. The summed E-state index contributed by atoms with van der Waals surface area (Å²) in [6.45, 7) is 15.2. The Balaban J connectivity index is 2.43. The minimum atomic E-state index is -1.02. The molecule has 8 heteroatoms. The highest BCUT2D eigenvalue weighted by molar-refractivity contribution is 5.93. The van der Waals surface area contributed by atoms with Crippen LogP contribution in [0.1, 0.15) is 61.0 Å². The summed E-state index contributed by atoms with van der Waals surface area (Å²) >= 11 is 0. The van der Waals surface area contributed by atoms with Gasteiger partial charge in [-0.25, -0.2) is 4.79 Å². The van der Waals surface area contributed by atoms with E-state index < -0.39 is 34.9 Å². The predicted molar refractivity (Wildman–Crippen MR) is 153 cm³/mol. The molecule has 2 rings (SSSR count). The first-order chi connectivity index (χ1) is 17.4. The topological polar surface area (TPSA) is 104 Å². The van der Waals surface area contributed by atoms with Crippen molar-refractivity contribution in [1.82, 2.24) is 20.1 Å². The molecule has 1 aromatic heterocycles. The molecule has 0 saturated heterocycles. The lowest BCUT2D eigenvalue weighted by Crippen LogP contribution is -2.61. The van der Waals surface area contributed by atoms with Crippen LogP contribution in [-0.2, 0) is 26.8 Å². The lowest BCUT2D eigenvalue weighted by Gasteiger charge is -2.39. The number of nitrogens with one attached hydrogen (secondary N) is 2. The Labute approximate surface area is 227 Å². The molecule has 2 aromatic rings. The number of benzene rings is 1. The smallest absolute Gasteiger partial charge is 0.331 e. The Bertz CT molecular complexity index is 1200. The molecule has 3 atom stereocenters. The van der Waals surface area contributed by atoms with E-state index in [0.29, 0.717) is 0 Å². The third kappa shape index (κ3) is 6.46. The maximum atomic E-state index is 13.9. The Kier molecular flexibility index (Phi) is 9.59. The fourth-order valence-corrected chi connectivity index (χ4v) is 5.13. The molecular formula is C30H46N4O4. The Morgan fingerprint density at radius 2 is 1.63 bits per heavy atom. The number of rotatable bonds is 10. The van der Waals surface area contributed by atoms with Crippen LogP contribution in [0.4, 0.5) is 0 Å². The molecule has 0 saturated carbocycles. The first kappa shape index (κ1) is 31.1. The Hall–Kier alpha value is -3.13. The molecule has 0 spiro atoms. The van der Waals surface area contributed by atoms with E-state index in [1.165, 1.54) is 6.92 Å². The van der Waals surface area contributed by atoms with Crippen LogP contribution in [0.5, 0.6) is 0 Å². The van der Waals surface area contributed by atoms with E-state index in [4.69, 9.17) is 0 Å². The molecule has 0 aliphatic heterocycles.